The van der Waals surface area contributed by atoms with Gasteiger partial charge in [-0.2, -0.15) is 0 Å². The first kappa shape index (κ1) is 18.7. The van der Waals surface area contributed by atoms with Gasteiger partial charge < -0.3 is 19.9 Å². The molecule has 0 radical (unpaired) electrons. The van der Waals surface area contributed by atoms with Gasteiger partial charge in [0.1, 0.15) is 5.75 Å². The van der Waals surface area contributed by atoms with Gasteiger partial charge in [0.15, 0.2) is 5.13 Å². The van der Waals surface area contributed by atoms with Crippen molar-refractivity contribution in [1.29, 1.82) is 0 Å². The van der Waals surface area contributed by atoms with Crippen LogP contribution < -0.4 is 15.0 Å². The van der Waals surface area contributed by atoms with Crippen molar-refractivity contribution in [2.45, 2.75) is 0 Å². The summed E-state index contributed by atoms with van der Waals surface area (Å²) < 4.78 is 6.64. The van der Waals surface area contributed by atoms with E-state index >= 15 is 0 Å². The number of piperazine rings is 1. The molecular weight excluding hydrogens is 442 g/mol. The summed E-state index contributed by atoms with van der Waals surface area (Å²) >= 11 is 5.03. The highest BCUT2D eigenvalue weighted by Crippen LogP contribution is 2.24. The number of urea groups is 1. The number of pyridine rings is 1. The first-order valence-corrected chi connectivity index (χ1v) is 10.4. The molecule has 0 bridgehead atoms. The molecule has 1 saturated heterocycles. The van der Waals surface area contributed by atoms with E-state index in [1.54, 1.807) is 40.8 Å². The summed E-state index contributed by atoms with van der Waals surface area (Å²) in [7, 11) is 0. The third-order valence-corrected chi connectivity index (χ3v) is 5.59. The quantitative estimate of drug-likeness (QED) is 0.623. The highest BCUT2D eigenvalue weighted by molar-refractivity contribution is 9.10. The largest absolute Gasteiger partial charge is 0.439 e. The maximum Gasteiger partial charge on any atom is 0.322 e. The number of benzene rings is 1. The minimum Gasteiger partial charge on any atom is -0.439 e. The molecule has 3 heterocycles. The number of hydrogen-bond acceptors (Lipinski definition) is 6. The Morgan fingerprint density at radius 3 is 2.68 bits per heavy atom. The number of amides is 2. The zero-order valence-corrected chi connectivity index (χ0v) is 17.3. The Morgan fingerprint density at radius 2 is 2.00 bits per heavy atom. The Hall–Kier alpha value is -2.65. The Morgan fingerprint density at radius 1 is 1.14 bits per heavy atom. The van der Waals surface area contributed by atoms with Gasteiger partial charge in [0.25, 0.3) is 0 Å². The number of anilines is 2. The molecule has 1 aliphatic rings. The van der Waals surface area contributed by atoms with E-state index < -0.39 is 0 Å². The number of nitrogens with one attached hydrogen (secondary N) is 1. The number of hydrogen-bond donors (Lipinski definition) is 1. The van der Waals surface area contributed by atoms with Gasteiger partial charge in [0, 0.05) is 48.3 Å². The molecule has 0 aliphatic carbocycles. The van der Waals surface area contributed by atoms with Crippen molar-refractivity contribution in [2.75, 3.05) is 36.4 Å². The molecule has 1 aliphatic heterocycles. The van der Waals surface area contributed by atoms with Crippen LogP contribution in [0, 0.1) is 0 Å². The third kappa shape index (κ3) is 4.60. The van der Waals surface area contributed by atoms with Gasteiger partial charge in [-0.1, -0.05) is 22.0 Å². The van der Waals surface area contributed by atoms with Crippen LogP contribution in [0.4, 0.5) is 15.6 Å². The van der Waals surface area contributed by atoms with Crippen LogP contribution in [0.3, 0.4) is 0 Å². The van der Waals surface area contributed by atoms with Gasteiger partial charge in [0.05, 0.1) is 11.9 Å². The van der Waals surface area contributed by atoms with Gasteiger partial charge in [-0.3, -0.25) is 0 Å². The Kier molecular flexibility index (Phi) is 5.73. The van der Waals surface area contributed by atoms with Crippen molar-refractivity contribution >= 4 is 44.1 Å². The SMILES string of the molecule is O=C(Nc1ccc(Oc2cccc(Br)c2)nc1)N1CCN(c2nccs2)CC1. The lowest BCUT2D eigenvalue weighted by molar-refractivity contribution is 0.208. The molecule has 2 amide bonds. The molecule has 0 atom stereocenters. The van der Waals surface area contributed by atoms with Crippen molar-refractivity contribution in [3.63, 3.8) is 0 Å². The van der Waals surface area contributed by atoms with Crippen LogP contribution in [0.1, 0.15) is 0 Å². The number of rotatable bonds is 4. The lowest BCUT2D eigenvalue weighted by Gasteiger charge is -2.34. The van der Waals surface area contributed by atoms with Crippen molar-refractivity contribution in [2.24, 2.45) is 0 Å². The fourth-order valence-corrected chi connectivity index (χ4v) is 3.92. The highest BCUT2D eigenvalue weighted by atomic mass is 79.9. The number of nitrogens with zero attached hydrogens (tertiary/aromatic N) is 4. The molecule has 3 aromatic rings. The first-order chi connectivity index (χ1) is 13.7. The van der Waals surface area contributed by atoms with Crippen LogP contribution in [0.15, 0.2) is 58.6 Å². The van der Waals surface area contributed by atoms with Gasteiger partial charge in [0.2, 0.25) is 5.88 Å². The first-order valence-electron chi connectivity index (χ1n) is 8.77. The minimum atomic E-state index is -0.124. The second kappa shape index (κ2) is 8.57. The lowest BCUT2D eigenvalue weighted by atomic mass is 10.3. The zero-order chi connectivity index (χ0) is 19.3. The fourth-order valence-electron chi connectivity index (χ4n) is 2.84. The Labute approximate surface area is 175 Å². The van der Waals surface area contributed by atoms with Gasteiger partial charge in [-0.25, -0.2) is 14.8 Å². The number of carbonyl (C=O) groups is 1. The van der Waals surface area contributed by atoms with Crippen LogP contribution >= 0.6 is 27.3 Å². The number of halogens is 1. The summed E-state index contributed by atoms with van der Waals surface area (Å²) in [5.41, 5.74) is 0.633. The number of thiazole rings is 1. The maximum atomic E-state index is 12.5. The van der Waals surface area contributed by atoms with E-state index in [2.05, 4.69) is 36.1 Å². The zero-order valence-electron chi connectivity index (χ0n) is 14.9. The van der Waals surface area contributed by atoms with Crippen LogP contribution in [0.25, 0.3) is 0 Å². The van der Waals surface area contributed by atoms with Gasteiger partial charge >= 0.3 is 6.03 Å². The molecule has 9 heteroatoms. The molecular formula is C19H18BrN5O2S. The van der Waals surface area contributed by atoms with Gasteiger partial charge in [-0.15, -0.1) is 11.3 Å². The van der Waals surface area contributed by atoms with Crippen molar-refractivity contribution in [3.8, 4) is 11.6 Å². The molecule has 2 aromatic heterocycles. The molecule has 0 saturated carbocycles. The molecule has 28 heavy (non-hydrogen) atoms. The predicted molar refractivity (Wildman–Crippen MR) is 113 cm³/mol. The molecule has 0 spiro atoms. The van der Waals surface area contributed by atoms with Crippen molar-refractivity contribution in [3.05, 3.63) is 58.6 Å². The lowest BCUT2D eigenvalue weighted by Crippen LogP contribution is -2.50. The number of carbonyl (C=O) groups excluding carboxylic acids is 1. The van der Waals surface area contributed by atoms with E-state index in [4.69, 9.17) is 4.74 Å². The van der Waals surface area contributed by atoms with Crippen molar-refractivity contribution in [1.82, 2.24) is 14.9 Å². The van der Waals surface area contributed by atoms with Crippen LogP contribution in [0.5, 0.6) is 11.6 Å². The summed E-state index contributed by atoms with van der Waals surface area (Å²) in [6.45, 7) is 2.86. The van der Waals surface area contributed by atoms with Crippen LogP contribution in [-0.4, -0.2) is 47.1 Å². The smallest absolute Gasteiger partial charge is 0.322 e. The molecule has 1 N–H and O–H groups in total. The Balaban J connectivity index is 1.30. The maximum absolute atomic E-state index is 12.5. The summed E-state index contributed by atoms with van der Waals surface area (Å²) in [6, 6.07) is 10.9. The van der Waals surface area contributed by atoms with Crippen LogP contribution in [-0.2, 0) is 0 Å². The number of aromatic nitrogens is 2. The minimum absolute atomic E-state index is 0.124. The molecule has 1 aromatic carbocycles. The highest BCUT2D eigenvalue weighted by Gasteiger charge is 2.22. The normalized spacial score (nSPS) is 14.0. The molecule has 144 valence electrons. The predicted octanol–water partition coefficient (Wildman–Crippen LogP) is 4.45. The summed E-state index contributed by atoms with van der Waals surface area (Å²) in [4.78, 5) is 25.1. The second-order valence-corrected chi connectivity index (χ2v) is 7.95. The van der Waals surface area contributed by atoms with E-state index in [1.807, 2.05) is 29.6 Å². The third-order valence-electron chi connectivity index (χ3n) is 4.26. The molecule has 1 fully saturated rings. The number of ether oxygens (including phenoxy) is 1. The van der Waals surface area contributed by atoms with Gasteiger partial charge in [-0.05, 0) is 24.3 Å². The molecule has 4 rings (SSSR count). The van der Waals surface area contributed by atoms with E-state index in [0.29, 0.717) is 30.4 Å². The summed E-state index contributed by atoms with van der Waals surface area (Å²) in [5, 5.41) is 5.86. The van der Waals surface area contributed by atoms with Crippen LogP contribution in [0.2, 0.25) is 0 Å². The monoisotopic (exact) mass is 459 g/mol. The molecule has 7 nitrogen and oxygen atoms in total. The molecule has 0 unspecified atom stereocenters. The summed E-state index contributed by atoms with van der Waals surface area (Å²) in [6.07, 6.45) is 3.40. The van der Waals surface area contributed by atoms with Crippen molar-refractivity contribution < 1.29 is 9.53 Å². The topological polar surface area (TPSA) is 70.6 Å². The van der Waals surface area contributed by atoms with E-state index in [-0.39, 0.29) is 6.03 Å². The van der Waals surface area contributed by atoms with E-state index in [0.717, 1.165) is 22.7 Å². The average molecular weight is 460 g/mol. The fraction of sp³-hybridized carbons (Fsp3) is 0.211. The Bertz CT molecular complexity index is 928. The van der Waals surface area contributed by atoms with E-state index in [9.17, 15) is 4.79 Å². The second-order valence-electron chi connectivity index (χ2n) is 6.16. The summed E-state index contributed by atoms with van der Waals surface area (Å²) in [5.74, 6) is 1.16. The van der Waals surface area contributed by atoms with E-state index in [1.165, 1.54) is 0 Å². The standard InChI is InChI=1S/C19H18BrN5O2S/c20-14-2-1-3-16(12-14)27-17-5-4-15(13-22-17)23-18(26)24-7-9-25(10-8-24)19-21-6-11-28-19/h1-6,11-13H,7-10H2,(H,23,26). The average Bonchev–Trinajstić information content (AvgIpc) is 3.24.